The van der Waals surface area contributed by atoms with E-state index < -0.39 is 0 Å². The van der Waals surface area contributed by atoms with Crippen molar-refractivity contribution in [1.29, 1.82) is 0 Å². The van der Waals surface area contributed by atoms with Crippen molar-refractivity contribution >= 4 is 28.3 Å². The Bertz CT molecular complexity index is 517. The van der Waals surface area contributed by atoms with Crippen molar-refractivity contribution in [3.8, 4) is 0 Å². The van der Waals surface area contributed by atoms with Crippen LogP contribution < -0.4 is 5.32 Å². The molecule has 2 aromatic rings. The number of fused-ring (bicyclic) bond motifs is 1. The third kappa shape index (κ3) is 1.75. The molecule has 3 nitrogen and oxygen atoms in total. The molecular weight excluding hydrogens is 210 g/mol. The molecule has 78 valence electrons. The maximum absolute atomic E-state index is 5.92. The lowest BCUT2D eigenvalue weighted by Crippen LogP contribution is -1.97. The fraction of sp³-hybridized carbons (Fsp3) is 0.273. The second-order valence-electron chi connectivity index (χ2n) is 3.52. The summed E-state index contributed by atoms with van der Waals surface area (Å²) in [5.74, 6) is 0. The summed E-state index contributed by atoms with van der Waals surface area (Å²) in [6, 6.07) is 3.85. The number of halogens is 1. The molecule has 0 fully saturated rings. The van der Waals surface area contributed by atoms with Crippen molar-refractivity contribution in [2.75, 3.05) is 12.4 Å². The number of pyridine rings is 2. The molecule has 0 aliphatic heterocycles. The van der Waals surface area contributed by atoms with Gasteiger partial charge in [0, 0.05) is 23.8 Å². The Balaban J connectivity index is 2.90. The van der Waals surface area contributed by atoms with Crippen LogP contribution in [0.2, 0.25) is 5.15 Å². The predicted octanol–water partition coefficient (Wildman–Crippen LogP) is 2.94. The molecule has 15 heavy (non-hydrogen) atoms. The minimum Gasteiger partial charge on any atom is -0.387 e. The van der Waals surface area contributed by atoms with Gasteiger partial charge in [0.2, 0.25) is 0 Å². The van der Waals surface area contributed by atoms with E-state index >= 15 is 0 Å². The van der Waals surface area contributed by atoms with Crippen LogP contribution in [0.25, 0.3) is 11.0 Å². The number of rotatable bonds is 1. The summed E-state index contributed by atoms with van der Waals surface area (Å²) in [6.07, 6.45) is 0. The van der Waals surface area contributed by atoms with Crippen LogP contribution in [-0.4, -0.2) is 17.0 Å². The van der Waals surface area contributed by atoms with Crippen LogP contribution in [0.3, 0.4) is 0 Å². The molecule has 0 atom stereocenters. The van der Waals surface area contributed by atoms with Gasteiger partial charge in [-0.25, -0.2) is 9.97 Å². The van der Waals surface area contributed by atoms with Crippen molar-refractivity contribution in [3.05, 3.63) is 28.5 Å². The largest absolute Gasteiger partial charge is 0.387 e. The molecule has 2 aromatic heterocycles. The number of nitrogens with one attached hydrogen (secondary N) is 1. The highest BCUT2D eigenvalue weighted by atomic mass is 35.5. The monoisotopic (exact) mass is 221 g/mol. The lowest BCUT2D eigenvalue weighted by Gasteiger charge is -2.09. The molecule has 0 radical (unpaired) electrons. The van der Waals surface area contributed by atoms with E-state index in [9.17, 15) is 0 Å². The zero-order valence-corrected chi connectivity index (χ0v) is 9.68. The third-order valence-corrected chi connectivity index (χ3v) is 2.53. The van der Waals surface area contributed by atoms with Crippen LogP contribution in [0, 0.1) is 13.8 Å². The summed E-state index contributed by atoms with van der Waals surface area (Å²) in [6.45, 7) is 4.00. The molecule has 0 saturated heterocycles. The topological polar surface area (TPSA) is 37.8 Å². The molecule has 0 amide bonds. The highest BCUT2D eigenvalue weighted by molar-refractivity contribution is 6.30. The number of aryl methyl sites for hydroxylation is 2. The van der Waals surface area contributed by atoms with Crippen molar-refractivity contribution < 1.29 is 0 Å². The van der Waals surface area contributed by atoms with E-state index in [0.29, 0.717) is 10.8 Å². The third-order valence-electron chi connectivity index (χ3n) is 2.34. The van der Waals surface area contributed by atoms with Crippen LogP contribution in [0.4, 0.5) is 5.69 Å². The Kier molecular flexibility index (Phi) is 2.49. The molecule has 0 spiro atoms. The van der Waals surface area contributed by atoms with Gasteiger partial charge in [0.1, 0.15) is 5.15 Å². The Morgan fingerprint density at radius 2 is 1.93 bits per heavy atom. The first-order chi connectivity index (χ1) is 7.11. The predicted molar refractivity (Wildman–Crippen MR) is 63.6 cm³/mol. The Morgan fingerprint density at radius 1 is 1.20 bits per heavy atom. The van der Waals surface area contributed by atoms with E-state index in [1.54, 1.807) is 0 Å². The quantitative estimate of drug-likeness (QED) is 0.753. The molecule has 0 aliphatic rings. The minimum absolute atomic E-state index is 0.462. The van der Waals surface area contributed by atoms with E-state index in [0.717, 1.165) is 22.3 Å². The van der Waals surface area contributed by atoms with Crippen LogP contribution in [-0.2, 0) is 0 Å². The van der Waals surface area contributed by atoms with Crippen molar-refractivity contribution in [2.45, 2.75) is 13.8 Å². The number of nitrogens with zero attached hydrogens (tertiary/aromatic N) is 2. The van der Waals surface area contributed by atoms with E-state index in [1.165, 1.54) is 0 Å². The van der Waals surface area contributed by atoms with Gasteiger partial charge >= 0.3 is 0 Å². The van der Waals surface area contributed by atoms with Gasteiger partial charge in [-0.05, 0) is 31.5 Å². The number of hydrogen-bond acceptors (Lipinski definition) is 3. The van der Waals surface area contributed by atoms with Gasteiger partial charge in [-0.15, -0.1) is 0 Å². The van der Waals surface area contributed by atoms with Crippen LogP contribution >= 0.6 is 11.6 Å². The van der Waals surface area contributed by atoms with Gasteiger partial charge < -0.3 is 5.32 Å². The maximum atomic E-state index is 5.92. The lowest BCUT2D eigenvalue weighted by atomic mass is 10.1. The molecule has 4 heteroatoms. The number of hydrogen-bond donors (Lipinski definition) is 1. The van der Waals surface area contributed by atoms with E-state index in [-0.39, 0.29) is 0 Å². The van der Waals surface area contributed by atoms with E-state index in [1.807, 2.05) is 33.0 Å². The number of anilines is 1. The fourth-order valence-corrected chi connectivity index (χ4v) is 1.94. The summed E-state index contributed by atoms with van der Waals surface area (Å²) in [4.78, 5) is 8.59. The van der Waals surface area contributed by atoms with E-state index in [4.69, 9.17) is 11.6 Å². The average molecular weight is 222 g/mol. The lowest BCUT2D eigenvalue weighted by molar-refractivity contribution is 1.19. The van der Waals surface area contributed by atoms with Gasteiger partial charge in [-0.2, -0.15) is 0 Å². The molecule has 0 aliphatic carbocycles. The second kappa shape index (κ2) is 3.66. The first-order valence-corrected chi connectivity index (χ1v) is 5.12. The van der Waals surface area contributed by atoms with Gasteiger partial charge in [0.25, 0.3) is 0 Å². The van der Waals surface area contributed by atoms with Gasteiger partial charge in [-0.1, -0.05) is 11.6 Å². The summed E-state index contributed by atoms with van der Waals surface area (Å²) < 4.78 is 0. The molecular formula is C11H12ClN3. The standard InChI is InChI=1S/C11H12ClN3/c1-6-4-7(2)14-11-10(6)8(13-3)5-9(12)15-11/h4-5H,1-3H3,(H,13,14,15). The Labute approximate surface area is 93.5 Å². The number of aromatic nitrogens is 2. The summed E-state index contributed by atoms with van der Waals surface area (Å²) in [5.41, 5.74) is 3.78. The fourth-order valence-electron chi connectivity index (χ4n) is 1.75. The van der Waals surface area contributed by atoms with E-state index in [2.05, 4.69) is 15.3 Å². The molecule has 2 rings (SSSR count). The first-order valence-electron chi connectivity index (χ1n) is 4.74. The molecule has 0 aromatic carbocycles. The Morgan fingerprint density at radius 3 is 2.60 bits per heavy atom. The zero-order chi connectivity index (χ0) is 11.0. The Hall–Kier alpha value is -1.35. The first kappa shape index (κ1) is 10.2. The summed E-state index contributed by atoms with van der Waals surface area (Å²) in [5, 5.41) is 4.60. The molecule has 2 heterocycles. The second-order valence-corrected chi connectivity index (χ2v) is 3.91. The van der Waals surface area contributed by atoms with Crippen molar-refractivity contribution in [3.63, 3.8) is 0 Å². The molecule has 0 bridgehead atoms. The van der Waals surface area contributed by atoms with Crippen LogP contribution in [0.1, 0.15) is 11.3 Å². The maximum Gasteiger partial charge on any atom is 0.163 e. The highest BCUT2D eigenvalue weighted by Gasteiger charge is 2.08. The normalized spacial score (nSPS) is 10.7. The zero-order valence-electron chi connectivity index (χ0n) is 8.93. The summed E-state index contributed by atoms with van der Waals surface area (Å²) >= 11 is 5.92. The average Bonchev–Trinajstić information content (AvgIpc) is 2.14. The minimum atomic E-state index is 0.462. The van der Waals surface area contributed by atoms with Gasteiger partial charge in [-0.3, -0.25) is 0 Å². The van der Waals surface area contributed by atoms with Crippen molar-refractivity contribution in [2.24, 2.45) is 0 Å². The SMILES string of the molecule is CNc1cc(Cl)nc2nc(C)cc(C)c12. The smallest absolute Gasteiger partial charge is 0.163 e. The van der Waals surface area contributed by atoms with Gasteiger partial charge in [0.05, 0.1) is 0 Å². The van der Waals surface area contributed by atoms with Crippen molar-refractivity contribution in [1.82, 2.24) is 9.97 Å². The summed E-state index contributed by atoms with van der Waals surface area (Å²) in [7, 11) is 1.87. The van der Waals surface area contributed by atoms with Gasteiger partial charge in [0.15, 0.2) is 5.65 Å². The van der Waals surface area contributed by atoms with Crippen LogP contribution in [0.5, 0.6) is 0 Å². The molecule has 0 unspecified atom stereocenters. The van der Waals surface area contributed by atoms with Crippen LogP contribution in [0.15, 0.2) is 12.1 Å². The molecule has 0 saturated carbocycles. The molecule has 1 N–H and O–H groups in total. The highest BCUT2D eigenvalue weighted by Crippen LogP contribution is 2.27.